The number of aromatic nitrogens is 1. The van der Waals surface area contributed by atoms with E-state index >= 15 is 0 Å². The summed E-state index contributed by atoms with van der Waals surface area (Å²) in [6.45, 7) is 9.53. The SMILES string of the molecule is CC(C)CC(NC(=O)CCCCCN1C(=O)C=CC1=O)C(=O)NC(C)C(=O)NC(CC(C)C)C(=O)Nc1ccc(C(=O)Nc2ccc3[nH]c(C(=O)N4CC(CCl)c5c4cc(OP(=O)(O)O)c4ccccc54)cc3c2)cc1. The molecule has 7 rings (SSSR count). The number of phosphoric acid groups is 1. The Morgan fingerprint density at radius 1 is 0.750 bits per heavy atom. The molecule has 0 radical (unpaired) electrons. The van der Waals surface area contributed by atoms with E-state index in [0.29, 0.717) is 64.4 Å². The fourth-order valence-electron chi connectivity index (χ4n) is 9.28. The van der Waals surface area contributed by atoms with Crippen LogP contribution in [0.25, 0.3) is 21.7 Å². The van der Waals surface area contributed by atoms with Crippen LogP contribution in [0.4, 0.5) is 17.1 Å². The third-order valence-corrected chi connectivity index (χ3v) is 13.7. The van der Waals surface area contributed by atoms with Crippen LogP contribution in [0.2, 0.25) is 0 Å². The molecule has 8 N–H and O–H groups in total. The zero-order chi connectivity index (χ0) is 55.0. The van der Waals surface area contributed by atoms with Gasteiger partial charge in [-0.05, 0) is 104 Å². The van der Waals surface area contributed by atoms with Crippen molar-refractivity contribution in [3.8, 4) is 5.75 Å². The molecular formula is C54H62ClN8O12P. The summed E-state index contributed by atoms with van der Waals surface area (Å²) in [4.78, 5) is 130. The number of carbonyl (C=O) groups excluding carboxylic acids is 8. The highest BCUT2D eigenvalue weighted by molar-refractivity contribution is 7.46. The van der Waals surface area contributed by atoms with Crippen molar-refractivity contribution >= 4 is 105 Å². The number of alkyl halides is 1. The van der Waals surface area contributed by atoms with Gasteiger partial charge in [0.05, 0.1) is 5.69 Å². The molecule has 0 spiro atoms. The molecule has 0 saturated heterocycles. The van der Waals surface area contributed by atoms with Gasteiger partial charge in [0.2, 0.25) is 23.6 Å². The fourth-order valence-corrected chi connectivity index (χ4v) is 9.93. The Balaban J connectivity index is 0.924. The summed E-state index contributed by atoms with van der Waals surface area (Å²) >= 11 is 6.41. The molecule has 0 bridgehead atoms. The van der Waals surface area contributed by atoms with Gasteiger partial charge in [-0.25, -0.2) is 4.57 Å². The third kappa shape index (κ3) is 14.1. The van der Waals surface area contributed by atoms with Gasteiger partial charge in [0.1, 0.15) is 29.6 Å². The molecule has 4 atom stereocenters. The molecular weight excluding hydrogens is 1020 g/mol. The number of imide groups is 1. The summed E-state index contributed by atoms with van der Waals surface area (Å²) < 4.78 is 17.0. The molecule has 4 aromatic carbocycles. The van der Waals surface area contributed by atoms with Gasteiger partial charge in [0, 0.05) is 82.8 Å². The number of anilines is 3. The number of hydrogen-bond donors (Lipinski definition) is 8. The first-order valence-corrected chi connectivity index (χ1v) is 27.1. The standard InChI is InChI=1S/C54H62ClN8O12P/c1-30(2)23-41(60-46(64)13-7-6-10-22-62-47(65)20-21-48(62)66)52(69)56-32(5)50(67)61-42(24-31(3)4)53(70)57-36-16-14-33(15-17-36)51(68)58-37-18-19-40-34(25-37)26-43(59-40)54(71)63-29-35(28-55)49-39-12-9-8-11-38(39)45(27-44(49)63)75-76(72,73)74/h8-9,11-12,14-21,25-27,30-32,35,41-42,59H,6-7,10,13,22-24,28-29H2,1-5H3,(H,56,69)(H,57,70)(H,58,68)(H,60,64)(H,61,67)(H2,72,73,74). The Morgan fingerprint density at radius 3 is 2.04 bits per heavy atom. The van der Waals surface area contributed by atoms with Crippen LogP contribution in [-0.4, -0.2) is 104 Å². The number of rotatable bonds is 23. The van der Waals surface area contributed by atoms with E-state index in [1.165, 1.54) is 42.2 Å². The summed E-state index contributed by atoms with van der Waals surface area (Å²) in [5.74, 6) is -3.78. The lowest BCUT2D eigenvalue weighted by atomic mass is 9.95. The minimum Gasteiger partial charge on any atom is -0.404 e. The summed E-state index contributed by atoms with van der Waals surface area (Å²) in [5.41, 5.74) is 3.06. The normalized spacial score (nSPS) is 15.5. The van der Waals surface area contributed by atoms with E-state index in [0.717, 1.165) is 10.5 Å². The maximum absolute atomic E-state index is 14.2. The number of carbonyl (C=O) groups is 8. The molecule has 1 aromatic heterocycles. The van der Waals surface area contributed by atoms with Crippen molar-refractivity contribution in [1.82, 2.24) is 25.8 Å². The second kappa shape index (κ2) is 24.5. The number of aromatic amines is 1. The van der Waals surface area contributed by atoms with Crippen molar-refractivity contribution in [3.63, 3.8) is 0 Å². The molecule has 2 aliphatic rings. The number of fused-ring (bicyclic) bond motifs is 4. The number of amides is 8. The predicted molar refractivity (Wildman–Crippen MR) is 288 cm³/mol. The van der Waals surface area contributed by atoms with Gasteiger partial charge in [-0.3, -0.25) is 53.0 Å². The second-order valence-electron chi connectivity index (χ2n) is 19.9. The maximum atomic E-state index is 14.2. The lowest BCUT2D eigenvalue weighted by Gasteiger charge is -2.25. The number of phosphoric ester groups is 1. The van der Waals surface area contributed by atoms with Crippen LogP contribution >= 0.6 is 19.4 Å². The summed E-state index contributed by atoms with van der Waals surface area (Å²) in [5, 5.41) is 15.6. The number of hydrogen-bond acceptors (Lipinski definition) is 10. The molecule has 22 heteroatoms. The largest absolute Gasteiger partial charge is 0.524 e. The average molecular weight is 1080 g/mol. The van der Waals surface area contributed by atoms with E-state index in [2.05, 4.69) is 31.6 Å². The summed E-state index contributed by atoms with van der Waals surface area (Å²) in [6, 6.07) is 18.3. The Morgan fingerprint density at radius 2 is 1.39 bits per heavy atom. The minimum absolute atomic E-state index is 0.0149. The zero-order valence-electron chi connectivity index (χ0n) is 42.7. The summed E-state index contributed by atoms with van der Waals surface area (Å²) in [6.07, 6.45) is 4.75. The van der Waals surface area contributed by atoms with Gasteiger partial charge in [0.15, 0.2) is 0 Å². The lowest BCUT2D eigenvalue weighted by molar-refractivity contribution is -0.137. The topological polar surface area (TPSA) is 286 Å². The number of unbranched alkanes of at least 4 members (excludes halogenated alkanes) is 2. The number of H-pyrrole nitrogens is 1. The molecule has 402 valence electrons. The highest BCUT2D eigenvalue weighted by Crippen LogP contribution is 2.49. The Bertz CT molecular complexity index is 3120. The van der Waals surface area contributed by atoms with E-state index in [-0.39, 0.29) is 84.3 Å². The Hall–Kier alpha value is -7.38. The smallest absolute Gasteiger partial charge is 0.404 e. The van der Waals surface area contributed by atoms with E-state index in [4.69, 9.17) is 16.1 Å². The highest BCUT2D eigenvalue weighted by atomic mass is 35.5. The maximum Gasteiger partial charge on any atom is 0.524 e. The van der Waals surface area contributed by atoms with Crippen molar-refractivity contribution in [2.45, 2.75) is 97.2 Å². The van der Waals surface area contributed by atoms with Gasteiger partial charge in [0.25, 0.3) is 23.6 Å². The predicted octanol–water partition coefficient (Wildman–Crippen LogP) is 7.02. The number of halogens is 1. The molecule has 3 heterocycles. The monoisotopic (exact) mass is 1080 g/mol. The number of benzene rings is 4. The highest BCUT2D eigenvalue weighted by Gasteiger charge is 2.37. The Kier molecular flexibility index (Phi) is 18.2. The van der Waals surface area contributed by atoms with Crippen LogP contribution in [0.15, 0.2) is 91.0 Å². The molecule has 0 saturated carbocycles. The first-order chi connectivity index (χ1) is 36.1. The van der Waals surface area contributed by atoms with Crippen molar-refractivity contribution in [2.24, 2.45) is 11.8 Å². The molecule has 0 aliphatic carbocycles. The van der Waals surface area contributed by atoms with Gasteiger partial charge >= 0.3 is 7.82 Å². The number of nitrogens with one attached hydrogen (secondary N) is 6. The Labute approximate surface area is 443 Å². The quantitative estimate of drug-likeness (QED) is 0.0142. The molecule has 20 nitrogen and oxygen atoms in total. The number of nitrogens with zero attached hydrogens (tertiary/aromatic N) is 2. The van der Waals surface area contributed by atoms with Gasteiger partial charge < -0.3 is 41.0 Å². The van der Waals surface area contributed by atoms with Crippen LogP contribution < -0.4 is 36.0 Å². The first kappa shape index (κ1) is 56.3. The van der Waals surface area contributed by atoms with Crippen LogP contribution in [0.1, 0.15) is 105 Å². The van der Waals surface area contributed by atoms with Crippen molar-refractivity contribution in [2.75, 3.05) is 34.5 Å². The second-order valence-corrected chi connectivity index (χ2v) is 21.3. The van der Waals surface area contributed by atoms with Crippen LogP contribution in [0, 0.1) is 11.8 Å². The first-order valence-electron chi connectivity index (χ1n) is 25.1. The van der Waals surface area contributed by atoms with Crippen LogP contribution in [0.5, 0.6) is 5.75 Å². The van der Waals surface area contributed by atoms with Crippen molar-refractivity contribution in [1.29, 1.82) is 0 Å². The minimum atomic E-state index is -4.95. The van der Waals surface area contributed by atoms with E-state index in [1.54, 1.807) is 60.7 Å². The van der Waals surface area contributed by atoms with Gasteiger partial charge in [-0.2, -0.15) is 0 Å². The van der Waals surface area contributed by atoms with Crippen LogP contribution in [-0.2, 0) is 33.3 Å². The fraction of sp³-hybridized carbons (Fsp3) is 0.370. The molecule has 2 aliphatic heterocycles. The average Bonchev–Trinajstić information content (AvgIpc) is 4.10. The summed E-state index contributed by atoms with van der Waals surface area (Å²) in [7, 11) is -4.95. The lowest BCUT2D eigenvalue weighted by Crippen LogP contribution is -2.55. The van der Waals surface area contributed by atoms with Gasteiger partial charge in [-0.1, -0.05) is 58.4 Å². The van der Waals surface area contributed by atoms with E-state index < -0.39 is 55.5 Å². The zero-order valence-corrected chi connectivity index (χ0v) is 44.3. The molecule has 4 unspecified atom stereocenters. The van der Waals surface area contributed by atoms with Gasteiger partial charge in [-0.15, -0.1) is 11.6 Å². The van der Waals surface area contributed by atoms with Crippen molar-refractivity contribution < 1.29 is 57.2 Å². The molecule has 76 heavy (non-hydrogen) atoms. The van der Waals surface area contributed by atoms with Crippen molar-refractivity contribution in [3.05, 3.63) is 108 Å². The molecule has 0 fully saturated rings. The van der Waals surface area contributed by atoms with E-state index in [1.807, 2.05) is 27.7 Å². The van der Waals surface area contributed by atoms with E-state index in [9.17, 15) is 52.7 Å². The van der Waals surface area contributed by atoms with Crippen LogP contribution in [0.3, 0.4) is 0 Å². The molecule has 8 amide bonds. The third-order valence-electron chi connectivity index (χ3n) is 12.9. The molecule has 5 aromatic rings.